The summed E-state index contributed by atoms with van der Waals surface area (Å²) in [5, 5.41) is 4.03. The Morgan fingerprint density at radius 3 is 2.64 bits per heavy atom. The Balaban J connectivity index is 2.86. The van der Waals surface area contributed by atoms with Gasteiger partial charge in [-0.1, -0.05) is 20.4 Å². The van der Waals surface area contributed by atoms with Crippen LogP contribution in [0.4, 0.5) is 0 Å². The maximum absolute atomic E-state index is 4.03. The maximum Gasteiger partial charge on any atom is 0.0554 e. The molecule has 11 heavy (non-hydrogen) atoms. The van der Waals surface area contributed by atoms with Crippen molar-refractivity contribution in [3.63, 3.8) is 0 Å². The van der Waals surface area contributed by atoms with Gasteiger partial charge in [-0.25, -0.2) is 0 Å². The number of allylic oxidation sites excluding steroid dienone is 2. The summed E-state index contributed by atoms with van der Waals surface area (Å²) in [4.78, 5) is 0. The van der Waals surface area contributed by atoms with Crippen molar-refractivity contribution in [3.8, 4) is 0 Å². The van der Waals surface area contributed by atoms with Crippen LogP contribution in [0.15, 0.2) is 29.0 Å². The molecule has 0 aromatic rings. The maximum atomic E-state index is 4.03. The van der Waals surface area contributed by atoms with Gasteiger partial charge in [-0.05, 0) is 18.6 Å². The zero-order valence-corrected chi connectivity index (χ0v) is 7.31. The molecular weight excluding hydrogens is 136 g/mol. The molecule has 1 heterocycles. The Labute approximate surface area is 67.7 Å². The monoisotopic (exact) mass is 150 g/mol. The summed E-state index contributed by atoms with van der Waals surface area (Å²) < 4.78 is 0. The van der Waals surface area contributed by atoms with Crippen molar-refractivity contribution in [2.45, 2.75) is 20.8 Å². The van der Waals surface area contributed by atoms with Crippen LogP contribution in [-0.4, -0.2) is 6.21 Å². The van der Waals surface area contributed by atoms with Gasteiger partial charge < -0.3 is 0 Å². The quantitative estimate of drug-likeness (QED) is 0.608. The van der Waals surface area contributed by atoms with Crippen LogP contribution in [0.5, 0.6) is 0 Å². The summed E-state index contributed by atoms with van der Waals surface area (Å²) in [6.07, 6.45) is 4.02. The Kier molecular flexibility index (Phi) is 1.85. The van der Waals surface area contributed by atoms with E-state index in [-0.39, 0.29) is 5.41 Å². The fraction of sp³-hybridized carbons (Fsp3) is 0.444. The first-order valence-corrected chi connectivity index (χ1v) is 3.70. The molecule has 0 saturated carbocycles. The molecule has 0 fully saturated rings. The molecule has 0 saturated heterocycles. The van der Waals surface area contributed by atoms with Crippen molar-refractivity contribution in [2.75, 3.05) is 0 Å². The van der Waals surface area contributed by atoms with Gasteiger partial charge in [-0.15, -0.1) is 0 Å². The average Bonchev–Trinajstić information content (AvgIpc) is 1.85. The molecule has 0 aromatic heterocycles. The van der Waals surface area contributed by atoms with Crippen LogP contribution < -0.4 is 5.43 Å². The van der Waals surface area contributed by atoms with Crippen molar-refractivity contribution in [1.29, 1.82) is 0 Å². The molecule has 1 aliphatic heterocycles. The smallest absolute Gasteiger partial charge is 0.0554 e. The third-order valence-electron chi connectivity index (χ3n) is 1.56. The van der Waals surface area contributed by atoms with E-state index in [0.29, 0.717) is 0 Å². The molecule has 60 valence electrons. The summed E-state index contributed by atoms with van der Waals surface area (Å²) in [7, 11) is 0. The summed E-state index contributed by atoms with van der Waals surface area (Å²) in [5.41, 5.74) is 5.01. The van der Waals surface area contributed by atoms with Gasteiger partial charge in [0.2, 0.25) is 0 Å². The highest BCUT2D eigenvalue weighted by Gasteiger charge is 2.16. The molecule has 0 aliphatic carbocycles. The number of rotatable bonds is 1. The largest absolute Gasteiger partial charge is 0.279 e. The Morgan fingerprint density at radius 1 is 1.64 bits per heavy atom. The first-order valence-electron chi connectivity index (χ1n) is 3.70. The van der Waals surface area contributed by atoms with E-state index in [1.807, 2.05) is 13.1 Å². The highest BCUT2D eigenvalue weighted by atomic mass is 15.3. The van der Waals surface area contributed by atoms with Crippen LogP contribution in [0, 0.1) is 5.41 Å². The molecule has 0 aromatic carbocycles. The molecule has 0 spiro atoms. The Morgan fingerprint density at radius 2 is 2.27 bits per heavy atom. The number of hydrogen-bond acceptors (Lipinski definition) is 2. The standard InChI is InChI=1S/C9H14N2/c1-7(2)8-5-9(3,4)6-10-11-8/h5-6,11H,1H2,2-4H3. The molecule has 1 N–H and O–H groups in total. The van der Waals surface area contributed by atoms with Crippen LogP contribution in [0.1, 0.15) is 20.8 Å². The zero-order chi connectivity index (χ0) is 8.48. The van der Waals surface area contributed by atoms with Crippen LogP contribution >= 0.6 is 0 Å². The molecule has 0 amide bonds. The summed E-state index contributed by atoms with van der Waals surface area (Å²) in [6, 6.07) is 0. The Bertz CT molecular complexity index is 234. The van der Waals surface area contributed by atoms with E-state index in [1.165, 1.54) is 0 Å². The van der Waals surface area contributed by atoms with Gasteiger partial charge in [0, 0.05) is 11.6 Å². The van der Waals surface area contributed by atoms with Crippen molar-refractivity contribution in [1.82, 2.24) is 5.43 Å². The van der Waals surface area contributed by atoms with E-state index < -0.39 is 0 Å². The van der Waals surface area contributed by atoms with Gasteiger partial charge in [0.05, 0.1) is 5.70 Å². The van der Waals surface area contributed by atoms with Crippen LogP contribution in [0.25, 0.3) is 0 Å². The lowest BCUT2D eigenvalue weighted by atomic mass is 9.92. The van der Waals surface area contributed by atoms with E-state index in [4.69, 9.17) is 0 Å². The van der Waals surface area contributed by atoms with E-state index in [0.717, 1.165) is 11.3 Å². The molecule has 0 bridgehead atoms. The number of nitrogens with zero attached hydrogens (tertiary/aromatic N) is 1. The first kappa shape index (κ1) is 8.05. The van der Waals surface area contributed by atoms with Gasteiger partial charge in [-0.2, -0.15) is 5.10 Å². The highest BCUT2D eigenvalue weighted by molar-refractivity contribution is 5.69. The second-order valence-corrected chi connectivity index (χ2v) is 3.53. The lowest BCUT2D eigenvalue weighted by Gasteiger charge is -2.21. The van der Waals surface area contributed by atoms with Crippen molar-refractivity contribution >= 4 is 6.21 Å². The van der Waals surface area contributed by atoms with Crippen LogP contribution in [0.2, 0.25) is 0 Å². The van der Waals surface area contributed by atoms with Crippen LogP contribution in [-0.2, 0) is 0 Å². The van der Waals surface area contributed by atoms with Crippen LogP contribution in [0.3, 0.4) is 0 Å². The van der Waals surface area contributed by atoms with Crippen molar-refractivity contribution in [3.05, 3.63) is 23.9 Å². The molecule has 2 nitrogen and oxygen atoms in total. The van der Waals surface area contributed by atoms with Gasteiger partial charge >= 0.3 is 0 Å². The molecule has 2 heteroatoms. The third kappa shape index (κ3) is 1.93. The summed E-state index contributed by atoms with van der Waals surface area (Å²) in [5.74, 6) is 0. The van der Waals surface area contributed by atoms with E-state index in [2.05, 4.69) is 37.0 Å². The number of hydrogen-bond donors (Lipinski definition) is 1. The molecule has 1 aliphatic rings. The molecule has 0 unspecified atom stereocenters. The van der Waals surface area contributed by atoms with E-state index >= 15 is 0 Å². The fourth-order valence-electron chi connectivity index (χ4n) is 0.928. The number of nitrogens with one attached hydrogen (secondary N) is 1. The van der Waals surface area contributed by atoms with Crippen molar-refractivity contribution in [2.24, 2.45) is 10.5 Å². The fourth-order valence-corrected chi connectivity index (χ4v) is 0.928. The minimum atomic E-state index is 0.0551. The molecule has 0 atom stereocenters. The average molecular weight is 150 g/mol. The summed E-state index contributed by atoms with van der Waals surface area (Å²) in [6.45, 7) is 10.0. The molecular formula is C9H14N2. The Hall–Kier alpha value is -1.05. The lowest BCUT2D eigenvalue weighted by molar-refractivity contribution is 0.647. The lowest BCUT2D eigenvalue weighted by Crippen LogP contribution is -2.22. The van der Waals surface area contributed by atoms with Gasteiger partial charge in [0.1, 0.15) is 0 Å². The van der Waals surface area contributed by atoms with Gasteiger partial charge in [0.25, 0.3) is 0 Å². The summed E-state index contributed by atoms with van der Waals surface area (Å²) >= 11 is 0. The van der Waals surface area contributed by atoms with Gasteiger partial charge in [-0.3, -0.25) is 5.43 Å². The molecule has 0 radical (unpaired) electrons. The second-order valence-electron chi connectivity index (χ2n) is 3.53. The third-order valence-corrected chi connectivity index (χ3v) is 1.56. The minimum Gasteiger partial charge on any atom is -0.279 e. The van der Waals surface area contributed by atoms with E-state index in [9.17, 15) is 0 Å². The predicted molar refractivity (Wildman–Crippen MR) is 48.3 cm³/mol. The normalized spacial score (nSPS) is 20.5. The van der Waals surface area contributed by atoms with E-state index in [1.54, 1.807) is 0 Å². The highest BCUT2D eigenvalue weighted by Crippen LogP contribution is 2.21. The SMILES string of the molecule is C=C(C)C1=CC(C)(C)C=NN1. The predicted octanol–water partition coefficient (Wildman–Crippen LogP) is 2.06. The second kappa shape index (κ2) is 2.53. The van der Waals surface area contributed by atoms with Crippen molar-refractivity contribution < 1.29 is 0 Å². The molecule has 1 rings (SSSR count). The topological polar surface area (TPSA) is 24.4 Å². The number of hydrazone groups is 1. The zero-order valence-electron chi connectivity index (χ0n) is 7.31. The minimum absolute atomic E-state index is 0.0551. The first-order chi connectivity index (χ1) is 5.01. The van der Waals surface area contributed by atoms with Gasteiger partial charge in [0.15, 0.2) is 0 Å².